The van der Waals surface area contributed by atoms with Gasteiger partial charge in [-0.05, 0) is 12.8 Å². The Bertz CT molecular complexity index is 543. The van der Waals surface area contributed by atoms with Crippen molar-refractivity contribution in [3.05, 3.63) is 12.1 Å². The van der Waals surface area contributed by atoms with Crippen molar-refractivity contribution in [2.24, 2.45) is 5.92 Å². The van der Waals surface area contributed by atoms with Gasteiger partial charge in [-0.2, -0.15) is 0 Å². The Labute approximate surface area is 120 Å². The molecule has 2 amide bonds. The zero-order chi connectivity index (χ0) is 15.6. The monoisotopic (exact) mass is 296 g/mol. The van der Waals surface area contributed by atoms with Crippen LogP contribution in [0.1, 0.15) is 12.8 Å². The molecule has 114 valence electrons. The van der Waals surface area contributed by atoms with Crippen LogP contribution >= 0.6 is 0 Å². The average Bonchev–Trinajstić information content (AvgIpc) is 2.44. The molecule has 21 heavy (non-hydrogen) atoms. The van der Waals surface area contributed by atoms with Crippen LogP contribution in [0.2, 0.25) is 0 Å². The van der Waals surface area contributed by atoms with E-state index in [-0.39, 0.29) is 5.69 Å². The molecule has 0 radical (unpaired) electrons. The number of hydrogen-bond acceptors (Lipinski definition) is 5. The van der Waals surface area contributed by atoms with Gasteiger partial charge in [-0.25, -0.2) is 4.79 Å². The first-order valence-electron chi connectivity index (χ1n) is 6.42. The van der Waals surface area contributed by atoms with E-state index in [0.717, 1.165) is 12.1 Å². The molecule has 0 atom stereocenters. The van der Waals surface area contributed by atoms with E-state index in [0.29, 0.717) is 25.9 Å². The summed E-state index contributed by atoms with van der Waals surface area (Å²) in [6.45, 7) is 0.637. The number of amides is 2. The predicted molar refractivity (Wildman–Crippen MR) is 72.4 cm³/mol. The molecule has 1 saturated heterocycles. The van der Waals surface area contributed by atoms with Crippen molar-refractivity contribution < 1.29 is 30.0 Å². The summed E-state index contributed by atoms with van der Waals surface area (Å²) < 4.78 is 0. The molecule has 0 saturated carbocycles. The molecule has 1 aliphatic rings. The van der Waals surface area contributed by atoms with Crippen LogP contribution in [-0.2, 0) is 4.79 Å². The van der Waals surface area contributed by atoms with Crippen molar-refractivity contribution in [2.75, 3.05) is 18.4 Å². The van der Waals surface area contributed by atoms with Crippen molar-refractivity contribution in [1.82, 2.24) is 4.90 Å². The molecular weight excluding hydrogens is 280 g/mol. The fourth-order valence-corrected chi connectivity index (χ4v) is 2.21. The van der Waals surface area contributed by atoms with Gasteiger partial charge >= 0.3 is 12.0 Å². The molecule has 0 unspecified atom stereocenters. The van der Waals surface area contributed by atoms with E-state index in [1.807, 2.05) is 0 Å². The van der Waals surface area contributed by atoms with Crippen LogP contribution < -0.4 is 5.32 Å². The molecule has 8 nitrogen and oxygen atoms in total. The van der Waals surface area contributed by atoms with Gasteiger partial charge in [0.1, 0.15) is 0 Å². The smallest absolute Gasteiger partial charge is 0.321 e. The molecule has 5 N–H and O–H groups in total. The molecule has 1 heterocycles. The fraction of sp³-hybridized carbons (Fsp3) is 0.385. The molecule has 1 aliphatic heterocycles. The molecule has 2 rings (SSSR count). The zero-order valence-corrected chi connectivity index (χ0v) is 11.1. The van der Waals surface area contributed by atoms with Crippen LogP contribution in [0, 0.1) is 5.92 Å². The van der Waals surface area contributed by atoms with Crippen LogP contribution in [0.25, 0.3) is 0 Å². The number of carboxylic acid groups (broad SMARTS) is 1. The molecule has 0 spiro atoms. The maximum Gasteiger partial charge on any atom is 0.321 e. The highest BCUT2D eigenvalue weighted by molar-refractivity contribution is 5.90. The second-order valence-electron chi connectivity index (χ2n) is 4.89. The largest absolute Gasteiger partial charge is 0.504 e. The van der Waals surface area contributed by atoms with E-state index < -0.39 is 35.2 Å². The van der Waals surface area contributed by atoms with E-state index in [4.69, 9.17) is 5.11 Å². The van der Waals surface area contributed by atoms with Gasteiger partial charge in [0, 0.05) is 25.2 Å². The number of urea groups is 1. The Morgan fingerprint density at radius 1 is 1.10 bits per heavy atom. The Morgan fingerprint density at radius 3 is 2.10 bits per heavy atom. The Balaban J connectivity index is 1.98. The lowest BCUT2D eigenvalue weighted by Gasteiger charge is -2.30. The molecule has 0 aromatic heterocycles. The molecule has 1 aromatic rings. The molecule has 1 aromatic carbocycles. The Hall–Kier alpha value is -2.64. The van der Waals surface area contributed by atoms with Gasteiger partial charge in [0.25, 0.3) is 0 Å². The van der Waals surface area contributed by atoms with E-state index in [2.05, 4.69) is 5.32 Å². The quantitative estimate of drug-likeness (QED) is 0.411. The van der Waals surface area contributed by atoms with Crippen LogP contribution in [0.5, 0.6) is 17.2 Å². The van der Waals surface area contributed by atoms with Crippen molar-refractivity contribution in [2.45, 2.75) is 12.8 Å². The number of anilines is 1. The highest BCUT2D eigenvalue weighted by Crippen LogP contribution is 2.37. The second kappa shape index (κ2) is 5.78. The number of likely N-dealkylation sites (tertiary alicyclic amines) is 1. The number of aliphatic carboxylic acids is 1. The summed E-state index contributed by atoms with van der Waals surface area (Å²) in [4.78, 5) is 24.3. The van der Waals surface area contributed by atoms with Crippen molar-refractivity contribution in [3.63, 3.8) is 0 Å². The normalized spacial score (nSPS) is 15.7. The van der Waals surface area contributed by atoms with E-state index in [9.17, 15) is 24.9 Å². The topological polar surface area (TPSA) is 130 Å². The lowest BCUT2D eigenvalue weighted by atomic mass is 9.97. The van der Waals surface area contributed by atoms with E-state index >= 15 is 0 Å². The van der Waals surface area contributed by atoms with Crippen LogP contribution in [0.4, 0.5) is 10.5 Å². The lowest BCUT2D eigenvalue weighted by Crippen LogP contribution is -2.42. The van der Waals surface area contributed by atoms with Crippen molar-refractivity contribution in [3.8, 4) is 17.2 Å². The van der Waals surface area contributed by atoms with Gasteiger partial charge in [0.15, 0.2) is 17.2 Å². The van der Waals surface area contributed by atoms with Gasteiger partial charge in [0.05, 0.1) is 11.6 Å². The summed E-state index contributed by atoms with van der Waals surface area (Å²) in [6.07, 6.45) is 0.768. The second-order valence-corrected chi connectivity index (χ2v) is 4.89. The number of benzene rings is 1. The van der Waals surface area contributed by atoms with Gasteiger partial charge in [-0.1, -0.05) is 0 Å². The van der Waals surface area contributed by atoms with Crippen LogP contribution in [0.3, 0.4) is 0 Å². The summed E-state index contributed by atoms with van der Waals surface area (Å²) in [5.74, 6) is -3.04. The zero-order valence-electron chi connectivity index (χ0n) is 11.1. The van der Waals surface area contributed by atoms with E-state index in [1.54, 1.807) is 0 Å². The van der Waals surface area contributed by atoms with E-state index in [1.165, 1.54) is 4.90 Å². The standard InChI is InChI=1S/C13H16N2O6/c16-9-5-8(6-10(17)11(9)18)14-13(21)15-3-1-7(2-4-15)12(19)20/h5-7,16-18H,1-4H2,(H,14,21)(H,19,20). The first kappa shape index (κ1) is 14.8. The number of hydrogen-bond donors (Lipinski definition) is 5. The first-order chi connectivity index (χ1) is 9.88. The van der Waals surface area contributed by atoms with Gasteiger partial charge in [0.2, 0.25) is 0 Å². The highest BCUT2D eigenvalue weighted by Gasteiger charge is 2.27. The van der Waals surface area contributed by atoms with Crippen molar-refractivity contribution >= 4 is 17.7 Å². The third-order valence-electron chi connectivity index (χ3n) is 3.45. The Kier molecular flexibility index (Phi) is 4.06. The first-order valence-corrected chi connectivity index (χ1v) is 6.42. The fourth-order valence-electron chi connectivity index (χ4n) is 2.21. The SMILES string of the molecule is O=C(O)C1CCN(C(=O)Nc2cc(O)c(O)c(O)c2)CC1. The summed E-state index contributed by atoms with van der Waals surface area (Å²) in [6, 6.07) is 1.76. The Morgan fingerprint density at radius 2 is 1.62 bits per heavy atom. The highest BCUT2D eigenvalue weighted by atomic mass is 16.4. The summed E-state index contributed by atoms with van der Waals surface area (Å²) >= 11 is 0. The maximum atomic E-state index is 12.0. The number of piperidine rings is 1. The number of carboxylic acids is 1. The minimum absolute atomic E-state index is 0.133. The van der Waals surface area contributed by atoms with Gasteiger partial charge in [-0.3, -0.25) is 4.79 Å². The number of nitrogens with one attached hydrogen (secondary N) is 1. The summed E-state index contributed by atoms with van der Waals surface area (Å²) in [5, 5.41) is 39.3. The lowest BCUT2D eigenvalue weighted by molar-refractivity contribution is -0.143. The number of carbonyl (C=O) groups excluding carboxylic acids is 1. The number of phenols is 3. The number of carbonyl (C=O) groups is 2. The molecular formula is C13H16N2O6. The van der Waals surface area contributed by atoms with Crippen LogP contribution in [-0.4, -0.2) is 50.4 Å². The van der Waals surface area contributed by atoms with Crippen molar-refractivity contribution in [1.29, 1.82) is 0 Å². The molecule has 0 aliphatic carbocycles. The van der Waals surface area contributed by atoms with Gasteiger partial charge < -0.3 is 30.6 Å². The number of rotatable bonds is 2. The third kappa shape index (κ3) is 3.28. The molecule has 0 bridgehead atoms. The number of aromatic hydroxyl groups is 3. The predicted octanol–water partition coefficient (Wildman–Crippen LogP) is 1.13. The minimum atomic E-state index is -0.858. The molecule has 8 heteroatoms. The number of phenolic OH excluding ortho intramolecular Hbond substituents is 3. The molecule has 1 fully saturated rings. The maximum absolute atomic E-state index is 12.0. The van der Waals surface area contributed by atoms with Gasteiger partial charge in [-0.15, -0.1) is 0 Å². The third-order valence-corrected chi connectivity index (χ3v) is 3.45. The number of nitrogens with zero attached hydrogens (tertiary/aromatic N) is 1. The van der Waals surface area contributed by atoms with Crippen LogP contribution in [0.15, 0.2) is 12.1 Å². The summed E-state index contributed by atoms with van der Waals surface area (Å²) in [7, 11) is 0. The summed E-state index contributed by atoms with van der Waals surface area (Å²) in [5.41, 5.74) is 0.133. The average molecular weight is 296 g/mol. The minimum Gasteiger partial charge on any atom is -0.504 e.